The third-order valence-corrected chi connectivity index (χ3v) is 4.46. The molecule has 0 spiro atoms. The second-order valence-corrected chi connectivity index (χ2v) is 6.49. The van der Waals surface area contributed by atoms with Gasteiger partial charge < -0.3 is 16.0 Å². The molecule has 3 N–H and O–H groups in total. The molecule has 0 aliphatic heterocycles. The number of nitrogens with zero attached hydrogens (tertiary/aromatic N) is 2. The zero-order chi connectivity index (χ0) is 20.1. The number of carbonyl (C=O) groups excluding carboxylic acids is 2. The fourth-order valence-corrected chi connectivity index (χ4v) is 3.05. The number of urea groups is 1. The van der Waals surface area contributed by atoms with Gasteiger partial charge in [-0.2, -0.15) is 5.10 Å². The Labute approximate surface area is 167 Å². The van der Waals surface area contributed by atoms with Crippen LogP contribution in [0.1, 0.15) is 21.6 Å². The zero-order valence-electron chi connectivity index (χ0n) is 15.5. The van der Waals surface area contributed by atoms with Crippen LogP contribution in [0.15, 0.2) is 54.6 Å². The van der Waals surface area contributed by atoms with Crippen molar-refractivity contribution < 1.29 is 9.59 Å². The van der Waals surface area contributed by atoms with Gasteiger partial charge in [0.25, 0.3) is 5.91 Å². The fourth-order valence-electron chi connectivity index (χ4n) is 2.73. The predicted molar refractivity (Wildman–Crippen MR) is 110 cm³/mol. The van der Waals surface area contributed by atoms with Gasteiger partial charge in [-0.25, -0.2) is 9.48 Å². The SMILES string of the molecule is CNC(=O)Nc1cccc(NC(=O)c2c(C)nn(Cc3ccccc3)c2Cl)c1. The van der Waals surface area contributed by atoms with Gasteiger partial charge in [0.15, 0.2) is 0 Å². The van der Waals surface area contributed by atoms with E-state index in [4.69, 9.17) is 11.6 Å². The lowest BCUT2D eigenvalue weighted by Crippen LogP contribution is -2.24. The molecule has 0 bridgehead atoms. The normalized spacial score (nSPS) is 10.4. The van der Waals surface area contributed by atoms with E-state index in [0.29, 0.717) is 29.2 Å². The molecule has 3 amide bonds. The molecule has 3 rings (SSSR count). The number of anilines is 2. The van der Waals surface area contributed by atoms with Crippen molar-refractivity contribution in [3.05, 3.63) is 76.6 Å². The first-order chi connectivity index (χ1) is 13.5. The van der Waals surface area contributed by atoms with Gasteiger partial charge in [-0.05, 0) is 30.7 Å². The van der Waals surface area contributed by atoms with Crippen molar-refractivity contribution in [1.29, 1.82) is 0 Å². The molecule has 0 unspecified atom stereocenters. The third-order valence-electron chi connectivity index (χ3n) is 4.07. The van der Waals surface area contributed by atoms with Gasteiger partial charge >= 0.3 is 6.03 Å². The average molecular weight is 398 g/mol. The number of rotatable bonds is 5. The summed E-state index contributed by atoms with van der Waals surface area (Å²) in [4.78, 5) is 24.2. The number of aryl methyl sites for hydroxylation is 1. The molecule has 1 heterocycles. The molecule has 1 aromatic heterocycles. The molecular formula is C20H20ClN5O2. The van der Waals surface area contributed by atoms with Crippen LogP contribution in [0.5, 0.6) is 0 Å². The highest BCUT2D eigenvalue weighted by molar-refractivity contribution is 6.33. The smallest absolute Gasteiger partial charge is 0.318 e. The molecule has 8 heteroatoms. The monoisotopic (exact) mass is 397 g/mol. The molecule has 0 saturated carbocycles. The van der Waals surface area contributed by atoms with Gasteiger partial charge in [-0.1, -0.05) is 48.0 Å². The lowest BCUT2D eigenvalue weighted by molar-refractivity contribution is 0.102. The van der Waals surface area contributed by atoms with Gasteiger partial charge in [0.05, 0.1) is 17.8 Å². The lowest BCUT2D eigenvalue weighted by atomic mass is 10.2. The van der Waals surface area contributed by atoms with E-state index in [2.05, 4.69) is 21.0 Å². The highest BCUT2D eigenvalue weighted by Crippen LogP contribution is 2.23. The van der Waals surface area contributed by atoms with Crippen LogP contribution >= 0.6 is 11.6 Å². The number of amides is 3. The van der Waals surface area contributed by atoms with Gasteiger partial charge in [0.1, 0.15) is 5.15 Å². The van der Waals surface area contributed by atoms with Crippen molar-refractivity contribution in [1.82, 2.24) is 15.1 Å². The first kappa shape index (κ1) is 19.4. The molecule has 7 nitrogen and oxygen atoms in total. The highest BCUT2D eigenvalue weighted by Gasteiger charge is 2.20. The summed E-state index contributed by atoms with van der Waals surface area (Å²) in [5.41, 5.74) is 2.98. The van der Waals surface area contributed by atoms with Crippen molar-refractivity contribution >= 4 is 34.9 Å². The van der Waals surface area contributed by atoms with Crippen LogP contribution < -0.4 is 16.0 Å². The molecule has 0 saturated heterocycles. The van der Waals surface area contributed by atoms with Crippen LogP contribution in [-0.2, 0) is 6.54 Å². The highest BCUT2D eigenvalue weighted by atomic mass is 35.5. The van der Waals surface area contributed by atoms with E-state index >= 15 is 0 Å². The molecule has 0 aliphatic carbocycles. The summed E-state index contributed by atoms with van der Waals surface area (Å²) in [7, 11) is 1.53. The summed E-state index contributed by atoms with van der Waals surface area (Å²) >= 11 is 6.43. The van der Waals surface area contributed by atoms with Crippen LogP contribution in [0.2, 0.25) is 5.15 Å². The second-order valence-electron chi connectivity index (χ2n) is 6.13. The summed E-state index contributed by atoms with van der Waals surface area (Å²) in [6.07, 6.45) is 0. The molecule has 0 aliphatic rings. The van der Waals surface area contributed by atoms with Gasteiger partial charge in [0, 0.05) is 18.4 Å². The Hall–Kier alpha value is -3.32. The summed E-state index contributed by atoms with van der Waals surface area (Å²) in [5, 5.41) is 12.6. The van der Waals surface area contributed by atoms with Gasteiger partial charge in [-0.3, -0.25) is 4.79 Å². The minimum Gasteiger partial charge on any atom is -0.341 e. The average Bonchev–Trinajstić information content (AvgIpc) is 2.96. The number of hydrogen-bond acceptors (Lipinski definition) is 3. The topological polar surface area (TPSA) is 88.1 Å². The maximum absolute atomic E-state index is 12.8. The number of carbonyl (C=O) groups is 2. The van der Waals surface area contributed by atoms with Crippen molar-refractivity contribution in [3.63, 3.8) is 0 Å². The number of aromatic nitrogens is 2. The zero-order valence-corrected chi connectivity index (χ0v) is 16.2. The summed E-state index contributed by atoms with van der Waals surface area (Å²) in [5.74, 6) is -0.362. The second kappa shape index (κ2) is 8.58. The maximum Gasteiger partial charge on any atom is 0.318 e. The lowest BCUT2D eigenvalue weighted by Gasteiger charge is -2.09. The first-order valence-electron chi connectivity index (χ1n) is 8.65. The van der Waals surface area contributed by atoms with E-state index in [-0.39, 0.29) is 17.1 Å². The summed E-state index contributed by atoms with van der Waals surface area (Å²) < 4.78 is 1.60. The Balaban J connectivity index is 1.78. The largest absolute Gasteiger partial charge is 0.341 e. The van der Waals surface area contributed by atoms with Crippen molar-refractivity contribution in [2.24, 2.45) is 0 Å². The molecular weight excluding hydrogens is 378 g/mol. The number of hydrogen-bond donors (Lipinski definition) is 3. The van der Waals surface area contributed by atoms with Gasteiger partial charge in [0.2, 0.25) is 0 Å². The Bertz CT molecular complexity index is 1000. The minimum absolute atomic E-state index is 0.276. The van der Waals surface area contributed by atoms with E-state index in [1.165, 1.54) is 7.05 Å². The maximum atomic E-state index is 12.8. The van der Waals surface area contributed by atoms with E-state index in [1.54, 1.807) is 35.9 Å². The van der Waals surface area contributed by atoms with Crippen LogP contribution in [0, 0.1) is 6.92 Å². The quantitative estimate of drug-likeness (QED) is 0.610. The van der Waals surface area contributed by atoms with Crippen LogP contribution in [0.3, 0.4) is 0 Å². The Morgan fingerprint density at radius 1 is 1.04 bits per heavy atom. The molecule has 144 valence electrons. The van der Waals surface area contributed by atoms with Crippen molar-refractivity contribution in [3.8, 4) is 0 Å². The Morgan fingerprint density at radius 2 is 1.71 bits per heavy atom. The minimum atomic E-state index is -0.362. The van der Waals surface area contributed by atoms with Crippen LogP contribution in [0.25, 0.3) is 0 Å². The van der Waals surface area contributed by atoms with Crippen LogP contribution in [0.4, 0.5) is 16.2 Å². The van der Waals surface area contributed by atoms with E-state index in [1.807, 2.05) is 30.3 Å². The van der Waals surface area contributed by atoms with E-state index < -0.39 is 0 Å². The van der Waals surface area contributed by atoms with Crippen LogP contribution in [-0.4, -0.2) is 28.8 Å². The summed E-state index contributed by atoms with van der Waals surface area (Å²) in [6.45, 7) is 2.21. The first-order valence-corrected chi connectivity index (χ1v) is 9.02. The Morgan fingerprint density at radius 3 is 2.39 bits per heavy atom. The summed E-state index contributed by atoms with van der Waals surface area (Å²) in [6, 6.07) is 16.2. The molecule has 3 aromatic rings. The fraction of sp³-hybridized carbons (Fsp3) is 0.150. The third kappa shape index (κ3) is 4.50. The van der Waals surface area contributed by atoms with Gasteiger partial charge in [-0.15, -0.1) is 0 Å². The number of halogens is 1. The predicted octanol–water partition coefficient (Wildman–Crippen LogP) is 3.90. The van der Waals surface area contributed by atoms with E-state index in [0.717, 1.165) is 5.56 Å². The number of benzene rings is 2. The molecule has 28 heavy (non-hydrogen) atoms. The van der Waals surface area contributed by atoms with Crippen molar-refractivity contribution in [2.45, 2.75) is 13.5 Å². The number of nitrogens with one attached hydrogen (secondary N) is 3. The molecule has 2 aromatic carbocycles. The van der Waals surface area contributed by atoms with E-state index in [9.17, 15) is 9.59 Å². The molecule has 0 fully saturated rings. The molecule has 0 radical (unpaired) electrons. The van der Waals surface area contributed by atoms with Crippen molar-refractivity contribution in [2.75, 3.05) is 17.7 Å². The molecule has 0 atom stereocenters. The Kier molecular flexibility index (Phi) is 5.96. The standard InChI is InChI=1S/C20H20ClN5O2/c1-13-17(18(21)26(25-13)12-14-7-4-3-5-8-14)19(27)23-15-9-6-10-16(11-15)24-20(28)22-2/h3-11H,12H2,1-2H3,(H,23,27)(H2,22,24,28).